The van der Waals surface area contributed by atoms with Gasteiger partial charge in [-0.3, -0.25) is 14.5 Å². The molecule has 0 spiro atoms. The minimum absolute atomic E-state index is 0.0116. The van der Waals surface area contributed by atoms with Crippen LogP contribution in [0.3, 0.4) is 0 Å². The zero-order valence-electron chi connectivity index (χ0n) is 15.3. The molecule has 6 heteroatoms. The van der Waals surface area contributed by atoms with Gasteiger partial charge in [-0.1, -0.05) is 41.4 Å². The Kier molecular flexibility index (Phi) is 7.18. The topological polar surface area (TPSA) is 52.7 Å². The molecule has 0 aliphatic heterocycles. The first-order valence-electron chi connectivity index (χ1n) is 8.37. The van der Waals surface area contributed by atoms with Crippen molar-refractivity contribution < 1.29 is 9.59 Å². The van der Waals surface area contributed by atoms with E-state index in [1.807, 2.05) is 67.4 Å². The molecule has 2 aromatic carbocycles. The van der Waals surface area contributed by atoms with Crippen LogP contribution in [0.25, 0.3) is 0 Å². The summed E-state index contributed by atoms with van der Waals surface area (Å²) in [6.45, 7) is 2.83. The van der Waals surface area contributed by atoms with Crippen LogP contribution in [0.15, 0.2) is 48.5 Å². The Morgan fingerprint density at radius 1 is 1.04 bits per heavy atom. The number of nitrogens with one attached hydrogen (secondary N) is 1. The van der Waals surface area contributed by atoms with E-state index in [1.54, 1.807) is 7.05 Å². The molecule has 0 unspecified atom stereocenters. The van der Waals surface area contributed by atoms with Gasteiger partial charge in [0.15, 0.2) is 0 Å². The first kappa shape index (κ1) is 19.9. The van der Waals surface area contributed by atoms with Gasteiger partial charge in [-0.15, -0.1) is 0 Å². The van der Waals surface area contributed by atoms with E-state index in [-0.39, 0.29) is 24.9 Å². The highest BCUT2D eigenvalue weighted by molar-refractivity contribution is 6.30. The molecule has 1 N–H and O–H groups in total. The largest absolute Gasteiger partial charge is 0.335 e. The Hall–Kier alpha value is -2.37. The molecule has 0 aromatic heterocycles. The number of likely N-dealkylation sites (N-methyl/N-ethyl adjacent to an activating group) is 2. The SMILES string of the molecule is Cc1ccc(NC(=O)CN(C)C(=O)CN(C)Cc2cccc(Cl)c2)cc1. The minimum atomic E-state index is -0.220. The molecule has 5 nitrogen and oxygen atoms in total. The van der Waals surface area contributed by atoms with E-state index >= 15 is 0 Å². The molecule has 138 valence electrons. The highest BCUT2D eigenvalue weighted by atomic mass is 35.5. The van der Waals surface area contributed by atoms with Crippen molar-refractivity contribution in [3.8, 4) is 0 Å². The van der Waals surface area contributed by atoms with Gasteiger partial charge in [0.05, 0.1) is 13.1 Å². The van der Waals surface area contributed by atoms with Crippen LogP contribution in [-0.2, 0) is 16.1 Å². The average Bonchev–Trinajstić information content (AvgIpc) is 2.56. The summed E-state index contributed by atoms with van der Waals surface area (Å²) in [5.41, 5.74) is 2.88. The second-order valence-electron chi connectivity index (χ2n) is 6.47. The van der Waals surface area contributed by atoms with E-state index in [9.17, 15) is 9.59 Å². The van der Waals surface area contributed by atoms with Crippen molar-refractivity contribution in [2.75, 3.05) is 32.5 Å². The third kappa shape index (κ3) is 6.50. The fourth-order valence-electron chi connectivity index (χ4n) is 2.50. The molecule has 0 saturated heterocycles. The number of hydrogen-bond acceptors (Lipinski definition) is 3. The predicted octanol–water partition coefficient (Wildman–Crippen LogP) is 3.18. The lowest BCUT2D eigenvalue weighted by Crippen LogP contribution is -2.40. The quantitative estimate of drug-likeness (QED) is 0.811. The van der Waals surface area contributed by atoms with Gasteiger partial charge >= 0.3 is 0 Å². The zero-order chi connectivity index (χ0) is 19.1. The lowest BCUT2D eigenvalue weighted by molar-refractivity contribution is -0.134. The van der Waals surface area contributed by atoms with E-state index in [2.05, 4.69) is 5.32 Å². The molecule has 0 aliphatic rings. The standard InChI is InChI=1S/C20H24ClN3O2/c1-15-7-9-18(10-8-15)22-19(25)13-24(3)20(26)14-23(2)12-16-5-4-6-17(21)11-16/h4-11H,12-14H2,1-3H3,(H,22,25). The number of nitrogens with zero attached hydrogens (tertiary/aromatic N) is 2. The highest BCUT2D eigenvalue weighted by Crippen LogP contribution is 2.12. The average molecular weight is 374 g/mol. The van der Waals surface area contributed by atoms with Gasteiger partial charge in [0.1, 0.15) is 0 Å². The third-order valence-corrected chi connectivity index (χ3v) is 4.12. The Bertz CT molecular complexity index is 762. The molecule has 0 aliphatic carbocycles. The number of hydrogen-bond donors (Lipinski definition) is 1. The second kappa shape index (κ2) is 9.36. The molecule has 0 fully saturated rings. The number of amides is 2. The van der Waals surface area contributed by atoms with Crippen LogP contribution in [0.2, 0.25) is 5.02 Å². The normalized spacial score (nSPS) is 10.7. The minimum Gasteiger partial charge on any atom is -0.335 e. The van der Waals surface area contributed by atoms with Gasteiger partial charge in [0.25, 0.3) is 0 Å². The summed E-state index contributed by atoms with van der Waals surface area (Å²) in [6, 6.07) is 15.1. The lowest BCUT2D eigenvalue weighted by Gasteiger charge is -2.21. The van der Waals surface area contributed by atoms with E-state index in [0.29, 0.717) is 11.6 Å². The molecule has 0 atom stereocenters. The van der Waals surface area contributed by atoms with Crippen molar-refractivity contribution in [1.29, 1.82) is 0 Å². The number of halogens is 1. The number of anilines is 1. The van der Waals surface area contributed by atoms with Crippen molar-refractivity contribution in [2.45, 2.75) is 13.5 Å². The van der Waals surface area contributed by atoms with E-state index in [1.165, 1.54) is 4.90 Å². The smallest absolute Gasteiger partial charge is 0.243 e. The Morgan fingerprint density at radius 3 is 2.38 bits per heavy atom. The number of carbonyl (C=O) groups is 2. The van der Waals surface area contributed by atoms with Crippen LogP contribution in [0.4, 0.5) is 5.69 Å². The van der Waals surface area contributed by atoms with Crippen LogP contribution in [0.5, 0.6) is 0 Å². The van der Waals surface area contributed by atoms with Crippen LogP contribution in [0.1, 0.15) is 11.1 Å². The summed E-state index contributed by atoms with van der Waals surface area (Å²) in [7, 11) is 3.49. The summed E-state index contributed by atoms with van der Waals surface area (Å²) in [5, 5.41) is 3.47. The van der Waals surface area contributed by atoms with Gasteiger partial charge in [-0.2, -0.15) is 0 Å². The van der Waals surface area contributed by atoms with Gasteiger partial charge in [0, 0.05) is 24.3 Å². The third-order valence-electron chi connectivity index (χ3n) is 3.89. The fraction of sp³-hybridized carbons (Fsp3) is 0.300. The van der Waals surface area contributed by atoms with Crippen LogP contribution >= 0.6 is 11.6 Å². The van der Waals surface area contributed by atoms with E-state index < -0.39 is 0 Å². The summed E-state index contributed by atoms with van der Waals surface area (Å²) < 4.78 is 0. The van der Waals surface area contributed by atoms with Gasteiger partial charge in [0.2, 0.25) is 11.8 Å². The Balaban J connectivity index is 1.80. The van der Waals surface area contributed by atoms with Crippen LogP contribution in [0, 0.1) is 6.92 Å². The molecular formula is C20H24ClN3O2. The van der Waals surface area contributed by atoms with Crippen molar-refractivity contribution in [3.63, 3.8) is 0 Å². The predicted molar refractivity (Wildman–Crippen MR) is 105 cm³/mol. The maximum absolute atomic E-state index is 12.3. The molecule has 2 amide bonds. The van der Waals surface area contributed by atoms with Crippen molar-refractivity contribution in [1.82, 2.24) is 9.80 Å². The molecular weight excluding hydrogens is 350 g/mol. The summed E-state index contributed by atoms with van der Waals surface area (Å²) in [4.78, 5) is 27.7. The first-order chi connectivity index (χ1) is 12.3. The summed E-state index contributed by atoms with van der Waals surface area (Å²) in [6.07, 6.45) is 0. The van der Waals surface area contributed by atoms with Crippen molar-refractivity contribution in [3.05, 3.63) is 64.7 Å². The van der Waals surface area contributed by atoms with Gasteiger partial charge < -0.3 is 10.2 Å². The lowest BCUT2D eigenvalue weighted by atomic mass is 10.2. The molecule has 2 aromatic rings. The summed E-state index contributed by atoms with van der Waals surface area (Å²) >= 11 is 5.98. The van der Waals surface area contributed by atoms with Crippen LogP contribution in [-0.4, -0.2) is 48.8 Å². The Labute approximate surface area is 159 Å². The van der Waals surface area contributed by atoms with Crippen LogP contribution < -0.4 is 5.32 Å². The van der Waals surface area contributed by atoms with E-state index in [0.717, 1.165) is 16.8 Å². The first-order valence-corrected chi connectivity index (χ1v) is 8.75. The highest BCUT2D eigenvalue weighted by Gasteiger charge is 2.15. The fourth-order valence-corrected chi connectivity index (χ4v) is 2.71. The molecule has 26 heavy (non-hydrogen) atoms. The molecule has 0 bridgehead atoms. The number of rotatable bonds is 7. The van der Waals surface area contributed by atoms with Gasteiger partial charge in [-0.05, 0) is 43.8 Å². The number of benzene rings is 2. The van der Waals surface area contributed by atoms with Crippen molar-refractivity contribution in [2.24, 2.45) is 0 Å². The summed E-state index contributed by atoms with van der Waals surface area (Å²) in [5.74, 6) is -0.337. The maximum Gasteiger partial charge on any atom is 0.243 e. The van der Waals surface area contributed by atoms with Gasteiger partial charge in [-0.25, -0.2) is 0 Å². The second-order valence-corrected chi connectivity index (χ2v) is 6.90. The monoisotopic (exact) mass is 373 g/mol. The molecule has 0 radical (unpaired) electrons. The maximum atomic E-state index is 12.3. The van der Waals surface area contributed by atoms with E-state index in [4.69, 9.17) is 11.6 Å². The van der Waals surface area contributed by atoms with Crippen molar-refractivity contribution >= 4 is 29.1 Å². The molecule has 0 heterocycles. The number of aryl methyl sites for hydroxylation is 1. The molecule has 0 saturated carbocycles. The molecule has 2 rings (SSSR count). The Morgan fingerprint density at radius 2 is 1.73 bits per heavy atom. The number of carbonyl (C=O) groups excluding carboxylic acids is 2. The zero-order valence-corrected chi connectivity index (χ0v) is 16.1.